The Hall–Kier alpha value is 1.26. The molecule has 0 saturated carbocycles. The molecule has 0 aliphatic rings. The molecule has 17 heteroatoms. The van der Waals surface area contributed by atoms with Crippen molar-refractivity contribution in [2.24, 2.45) is 0 Å². The van der Waals surface area contributed by atoms with Gasteiger partial charge in [-0.2, -0.15) is 4.89 Å². The molecule has 0 aliphatic heterocycles. The van der Waals surface area contributed by atoms with Crippen molar-refractivity contribution in [2.75, 3.05) is 37.5 Å². The molecule has 0 heterocycles. The van der Waals surface area contributed by atoms with Gasteiger partial charge >= 0.3 is 21.6 Å². The summed E-state index contributed by atoms with van der Waals surface area (Å²) in [6, 6.07) is 0. The number of hydrogen-bond acceptors (Lipinski definition) is 8. The number of rotatable bonds is 15. The van der Waals surface area contributed by atoms with Crippen molar-refractivity contribution in [3.63, 3.8) is 0 Å². The Morgan fingerprint density at radius 3 is 2.00 bits per heavy atom. The first-order valence-corrected chi connectivity index (χ1v) is 11.3. The monoisotopic (exact) mass is 490 g/mol. The molecule has 0 rings (SSSR count). The topological polar surface area (TPSA) is 150 Å². The van der Waals surface area contributed by atoms with Crippen molar-refractivity contribution >= 4 is 62.0 Å². The van der Waals surface area contributed by atoms with Gasteiger partial charge in [-0.1, -0.05) is 11.6 Å². The zero-order chi connectivity index (χ0) is 19.6. The summed E-state index contributed by atoms with van der Waals surface area (Å²) in [6.45, 7) is -1.06. The van der Waals surface area contributed by atoms with Gasteiger partial charge in [-0.05, 0) is 0 Å². The Bertz CT molecular complexity index is 465. The van der Waals surface area contributed by atoms with Crippen molar-refractivity contribution in [3.05, 3.63) is 0 Å². The summed E-state index contributed by atoms with van der Waals surface area (Å²) in [4.78, 5) is 31.9. The summed E-state index contributed by atoms with van der Waals surface area (Å²) in [5.41, 5.74) is -1.91. The van der Waals surface area contributed by atoms with E-state index < -0.39 is 40.4 Å². The van der Waals surface area contributed by atoms with Crippen LogP contribution in [0.3, 0.4) is 0 Å². The average molecular weight is 492 g/mol. The first-order valence-electron chi connectivity index (χ1n) is 6.20. The van der Waals surface area contributed by atoms with Gasteiger partial charge in [-0.25, -0.2) is 13.7 Å². The van der Waals surface area contributed by atoms with E-state index in [2.05, 4.69) is 18.6 Å². The lowest BCUT2D eigenvalue weighted by molar-refractivity contribution is -0.473. The van der Waals surface area contributed by atoms with E-state index in [9.17, 15) is 14.0 Å². The fourth-order valence-electron chi connectivity index (χ4n) is 1.08. The maximum Gasteiger partial charge on any atom is 0.499 e. The van der Waals surface area contributed by atoms with E-state index in [1.807, 2.05) is 0 Å². The van der Waals surface area contributed by atoms with Crippen LogP contribution in [0.2, 0.25) is 0 Å². The number of hydrogen-bond donors (Lipinski definition) is 3. The molecule has 152 valence electrons. The Balaban J connectivity index is 5.41. The first-order chi connectivity index (χ1) is 11.5. The van der Waals surface area contributed by atoms with E-state index in [1.165, 1.54) is 0 Å². The molecule has 0 fully saturated rings. The van der Waals surface area contributed by atoms with Crippen LogP contribution in [-0.2, 0) is 37.2 Å². The highest BCUT2D eigenvalue weighted by Gasteiger charge is 2.51. The predicted octanol–water partition coefficient (Wildman–Crippen LogP) is 2.13. The summed E-state index contributed by atoms with van der Waals surface area (Å²) < 4.78 is 45.4. The predicted molar refractivity (Wildman–Crippen MR) is 87.5 cm³/mol. The normalized spacial score (nSPS) is 18.5. The third kappa shape index (κ3) is 11.6. The second-order valence-corrected chi connectivity index (χ2v) is 7.79. The molecule has 0 saturated heterocycles. The number of phosphoric acid groups is 2. The molecule has 0 bridgehead atoms. The van der Waals surface area contributed by atoms with Gasteiger partial charge in [-0.3, -0.25) is 4.52 Å². The van der Waals surface area contributed by atoms with Crippen molar-refractivity contribution in [2.45, 2.75) is 11.5 Å². The van der Waals surface area contributed by atoms with Gasteiger partial charge < -0.3 is 24.2 Å². The summed E-state index contributed by atoms with van der Waals surface area (Å²) in [6.07, 6.45) is 0. The van der Waals surface area contributed by atoms with Gasteiger partial charge in [0.1, 0.15) is 0 Å². The van der Waals surface area contributed by atoms with Crippen LogP contribution in [0.1, 0.15) is 0 Å². The van der Waals surface area contributed by atoms with Crippen molar-refractivity contribution in [1.29, 1.82) is 0 Å². The molecule has 11 nitrogen and oxygen atoms in total. The number of alkyl halides is 4. The quantitative estimate of drug-likeness (QED) is 0.101. The molecule has 0 amide bonds. The number of phosphoric ester groups is 2. The zero-order valence-electron chi connectivity index (χ0n) is 12.3. The summed E-state index contributed by atoms with van der Waals surface area (Å²) in [5.74, 6) is -3.40. The van der Waals surface area contributed by atoms with E-state index in [0.29, 0.717) is 0 Å². The van der Waals surface area contributed by atoms with Crippen molar-refractivity contribution in [3.8, 4) is 0 Å². The van der Waals surface area contributed by atoms with Crippen LogP contribution in [0.4, 0.5) is 0 Å². The summed E-state index contributed by atoms with van der Waals surface area (Å²) >= 11 is 21.9. The van der Waals surface area contributed by atoms with E-state index in [-0.39, 0.29) is 24.2 Å². The summed E-state index contributed by atoms with van der Waals surface area (Å²) in [5, 5.41) is 0. The van der Waals surface area contributed by atoms with Crippen LogP contribution in [0.5, 0.6) is 0 Å². The molecule has 0 radical (unpaired) electrons. The van der Waals surface area contributed by atoms with Gasteiger partial charge in [0.25, 0.3) is 0 Å². The lowest BCUT2D eigenvalue weighted by Gasteiger charge is -2.34. The Morgan fingerprint density at radius 2 is 1.52 bits per heavy atom. The van der Waals surface area contributed by atoms with Crippen LogP contribution in [-0.4, -0.2) is 63.7 Å². The molecule has 3 N–H and O–H groups in total. The van der Waals surface area contributed by atoms with Crippen molar-refractivity contribution in [1.82, 2.24) is 0 Å². The highest BCUT2D eigenvalue weighted by molar-refractivity contribution is 7.47. The van der Waals surface area contributed by atoms with Gasteiger partial charge in [0.15, 0.2) is 0 Å². The molecular formula is C8H16Cl4O11P2. The van der Waals surface area contributed by atoms with E-state index in [1.54, 1.807) is 0 Å². The second-order valence-electron chi connectivity index (χ2n) is 3.75. The highest BCUT2D eigenvalue weighted by atomic mass is 35.5. The fraction of sp³-hybridized carbons (Fsp3) is 1.00. The average Bonchev–Trinajstić information content (AvgIpc) is 2.52. The molecule has 0 aromatic heterocycles. The second kappa shape index (κ2) is 12.7. The molecule has 3 unspecified atom stereocenters. The standard InChI is InChI=1S/C8H16Cl4O11P2/c9-1-4-18-7(12)8(19-5-2-10,22-24(13,14)15)21-23-25(16,17)20-6-3-11/h7H,1-6H2,(H,16,17)(H2,13,14,15). The first kappa shape index (κ1) is 26.3. The Kier molecular flexibility index (Phi) is 13.3. The Labute approximate surface area is 163 Å². The number of ether oxygens (including phenoxy) is 2. The third-order valence-corrected chi connectivity index (χ3v) is 3.95. The van der Waals surface area contributed by atoms with Crippen LogP contribution >= 0.6 is 62.0 Å². The molecule has 3 atom stereocenters. The smallest absolute Gasteiger partial charge is 0.353 e. The summed E-state index contributed by atoms with van der Waals surface area (Å²) in [7, 11) is -10.2. The zero-order valence-corrected chi connectivity index (χ0v) is 17.1. The van der Waals surface area contributed by atoms with Crippen LogP contribution in [0, 0.1) is 0 Å². The number of halogens is 4. The lowest BCUT2D eigenvalue weighted by atomic mass is 10.5. The Morgan fingerprint density at radius 1 is 0.960 bits per heavy atom. The molecule has 25 heavy (non-hydrogen) atoms. The van der Waals surface area contributed by atoms with Crippen LogP contribution in [0.15, 0.2) is 0 Å². The largest absolute Gasteiger partial charge is 0.499 e. The minimum Gasteiger partial charge on any atom is -0.353 e. The lowest BCUT2D eigenvalue weighted by Crippen LogP contribution is -2.48. The van der Waals surface area contributed by atoms with Gasteiger partial charge in [0.05, 0.1) is 19.8 Å². The van der Waals surface area contributed by atoms with E-state index in [0.717, 1.165) is 0 Å². The van der Waals surface area contributed by atoms with Gasteiger partial charge in [0.2, 0.25) is 5.56 Å². The minimum absolute atomic E-state index is 0.0666. The minimum atomic E-state index is -5.32. The third-order valence-electron chi connectivity index (χ3n) is 1.83. The maximum absolute atomic E-state index is 11.6. The fourth-order valence-corrected chi connectivity index (χ4v) is 2.80. The molecular weight excluding hydrogens is 476 g/mol. The van der Waals surface area contributed by atoms with Gasteiger partial charge in [0, 0.05) is 17.6 Å². The maximum atomic E-state index is 11.6. The van der Waals surface area contributed by atoms with E-state index in [4.69, 9.17) is 65.7 Å². The SMILES string of the molecule is O=P(O)(O)OC(OCCCl)(OOP(=O)(O)OCCCl)C(Cl)OCCCl. The molecule has 0 spiro atoms. The van der Waals surface area contributed by atoms with Crippen LogP contribution in [0.25, 0.3) is 0 Å². The van der Waals surface area contributed by atoms with Crippen molar-refractivity contribution < 1.29 is 51.9 Å². The molecule has 0 aromatic rings. The van der Waals surface area contributed by atoms with Gasteiger partial charge in [-0.15, -0.1) is 39.5 Å². The highest BCUT2D eigenvalue weighted by Crippen LogP contribution is 2.49. The van der Waals surface area contributed by atoms with Crippen LogP contribution < -0.4 is 0 Å². The molecule has 0 aliphatic carbocycles. The molecule has 0 aromatic carbocycles. The van der Waals surface area contributed by atoms with E-state index >= 15 is 0 Å².